The SMILES string of the molecule is CC.Cc1cccc(Cl)c1-c1noc(C2CC2)c1COc1ccc(C2(O)CCN(c3cc(C(=O)O)ccn3)C2)c(Cl)c1. The number of nitrogens with zero attached hydrogens (tertiary/aromatic N) is 3. The molecule has 2 aromatic carbocycles. The lowest BCUT2D eigenvalue weighted by atomic mass is 9.93. The number of aliphatic hydroxyl groups is 1. The summed E-state index contributed by atoms with van der Waals surface area (Å²) in [6, 6.07) is 13.9. The highest BCUT2D eigenvalue weighted by Crippen LogP contribution is 2.46. The van der Waals surface area contributed by atoms with Crippen LogP contribution >= 0.6 is 23.2 Å². The van der Waals surface area contributed by atoms with Crippen LogP contribution in [-0.2, 0) is 12.2 Å². The molecule has 1 aliphatic carbocycles. The maximum atomic E-state index is 11.5. The largest absolute Gasteiger partial charge is 0.489 e. The van der Waals surface area contributed by atoms with E-state index < -0.39 is 11.6 Å². The average Bonchev–Trinajstić information content (AvgIpc) is 3.62. The maximum absolute atomic E-state index is 11.5. The highest BCUT2D eigenvalue weighted by atomic mass is 35.5. The number of benzene rings is 2. The Bertz CT molecular complexity index is 1580. The van der Waals surface area contributed by atoms with Gasteiger partial charge in [0, 0.05) is 29.8 Å². The molecule has 2 aliphatic rings. The summed E-state index contributed by atoms with van der Waals surface area (Å²) in [7, 11) is 0. The lowest BCUT2D eigenvalue weighted by molar-refractivity contribution is 0.0606. The summed E-state index contributed by atoms with van der Waals surface area (Å²) in [6.45, 7) is 6.95. The van der Waals surface area contributed by atoms with Gasteiger partial charge in [-0.25, -0.2) is 9.78 Å². The molecule has 0 spiro atoms. The lowest BCUT2D eigenvalue weighted by Gasteiger charge is -2.25. The summed E-state index contributed by atoms with van der Waals surface area (Å²) < 4.78 is 12.0. The number of aromatic nitrogens is 2. The van der Waals surface area contributed by atoms with Crippen LogP contribution in [0, 0.1) is 6.92 Å². The highest BCUT2D eigenvalue weighted by molar-refractivity contribution is 6.33. The highest BCUT2D eigenvalue weighted by Gasteiger charge is 2.40. The second-order valence-electron chi connectivity index (χ2n) is 10.4. The number of hydrogen-bond acceptors (Lipinski definition) is 7. The zero-order valence-corrected chi connectivity index (χ0v) is 25.2. The fourth-order valence-corrected chi connectivity index (χ4v) is 5.97. The third kappa shape index (κ3) is 5.98. The van der Waals surface area contributed by atoms with Gasteiger partial charge in [0.25, 0.3) is 0 Å². The first-order chi connectivity index (χ1) is 20.2. The van der Waals surface area contributed by atoms with Gasteiger partial charge in [0.1, 0.15) is 35.2 Å². The van der Waals surface area contributed by atoms with Crippen LogP contribution in [0.1, 0.15) is 71.8 Å². The van der Waals surface area contributed by atoms with Gasteiger partial charge in [0.2, 0.25) is 0 Å². The number of ether oxygens (including phenoxy) is 1. The van der Waals surface area contributed by atoms with Crippen molar-refractivity contribution in [2.75, 3.05) is 18.0 Å². The normalized spacial score (nSPS) is 18.0. The molecule has 4 aromatic rings. The summed E-state index contributed by atoms with van der Waals surface area (Å²) in [5.74, 6) is 1.18. The molecular formula is C32H33Cl2N3O5. The van der Waals surface area contributed by atoms with Crippen molar-refractivity contribution in [2.45, 2.75) is 58.2 Å². The van der Waals surface area contributed by atoms with Crippen LogP contribution in [0.25, 0.3) is 11.3 Å². The predicted molar refractivity (Wildman–Crippen MR) is 163 cm³/mol. The fourth-order valence-electron chi connectivity index (χ4n) is 5.31. The van der Waals surface area contributed by atoms with E-state index in [1.165, 1.54) is 18.3 Å². The molecule has 8 nitrogen and oxygen atoms in total. The first-order valence-electron chi connectivity index (χ1n) is 14.1. The second kappa shape index (κ2) is 12.3. The molecule has 1 atom stereocenters. The van der Waals surface area contributed by atoms with Crippen LogP contribution < -0.4 is 9.64 Å². The van der Waals surface area contributed by atoms with E-state index in [2.05, 4.69) is 10.1 Å². The van der Waals surface area contributed by atoms with Crippen molar-refractivity contribution in [3.8, 4) is 17.0 Å². The number of carboxylic acid groups (broad SMARTS) is 1. The van der Waals surface area contributed by atoms with Crippen molar-refractivity contribution >= 4 is 35.0 Å². The van der Waals surface area contributed by atoms with E-state index in [9.17, 15) is 15.0 Å². The minimum Gasteiger partial charge on any atom is -0.489 e. The Morgan fingerprint density at radius 2 is 1.93 bits per heavy atom. The van der Waals surface area contributed by atoms with Crippen LogP contribution in [0.2, 0.25) is 10.0 Å². The van der Waals surface area contributed by atoms with Crippen LogP contribution in [-0.4, -0.2) is 39.4 Å². The van der Waals surface area contributed by atoms with E-state index in [1.54, 1.807) is 18.2 Å². The van der Waals surface area contributed by atoms with Gasteiger partial charge >= 0.3 is 5.97 Å². The number of rotatable bonds is 8. The summed E-state index contributed by atoms with van der Waals surface area (Å²) >= 11 is 13.2. The molecule has 220 valence electrons. The first-order valence-corrected chi connectivity index (χ1v) is 14.8. The molecule has 42 heavy (non-hydrogen) atoms. The minimum atomic E-state index is -1.22. The van der Waals surface area contributed by atoms with Gasteiger partial charge in [-0.3, -0.25) is 0 Å². The Labute approximate surface area is 254 Å². The van der Waals surface area contributed by atoms with Gasteiger partial charge in [0.15, 0.2) is 0 Å². The molecule has 2 aromatic heterocycles. The number of β-amino-alcohol motifs (C(OH)–C–C–N with tert-alkyl or cyclic N) is 1. The minimum absolute atomic E-state index is 0.144. The Balaban J connectivity index is 0.00000173. The summed E-state index contributed by atoms with van der Waals surface area (Å²) in [5, 5.41) is 26.2. The van der Waals surface area contributed by atoms with Crippen molar-refractivity contribution in [3.63, 3.8) is 0 Å². The second-order valence-corrected chi connectivity index (χ2v) is 11.2. The number of anilines is 1. The van der Waals surface area contributed by atoms with Crippen molar-refractivity contribution in [1.29, 1.82) is 0 Å². The topological polar surface area (TPSA) is 109 Å². The van der Waals surface area contributed by atoms with E-state index in [1.807, 2.05) is 43.9 Å². The standard InChI is InChI=1S/C30H27Cl2N3O5.C2H6/c1-17-3-2-4-23(31)26(17)27-21(28(40-34-27)18-5-6-18)15-39-20-7-8-22(24(32)14-20)30(38)10-12-35(16-30)25-13-19(29(36)37)9-11-33-25;1-2/h2-4,7-9,11,13-14,18,38H,5-6,10,12,15-16H2,1H3,(H,36,37);1-2H3. The molecule has 0 amide bonds. The van der Waals surface area contributed by atoms with Crippen LogP contribution in [0.4, 0.5) is 5.82 Å². The number of aromatic carboxylic acids is 1. The summed E-state index contributed by atoms with van der Waals surface area (Å²) in [6.07, 6.45) is 3.97. The fraction of sp³-hybridized carbons (Fsp3) is 0.344. The summed E-state index contributed by atoms with van der Waals surface area (Å²) in [5.41, 5.74) is 2.90. The van der Waals surface area contributed by atoms with Gasteiger partial charge in [-0.05, 0) is 62.1 Å². The molecule has 0 radical (unpaired) electrons. The predicted octanol–water partition coefficient (Wildman–Crippen LogP) is 7.63. The van der Waals surface area contributed by atoms with Crippen LogP contribution in [0.15, 0.2) is 59.3 Å². The van der Waals surface area contributed by atoms with E-state index in [0.29, 0.717) is 51.8 Å². The molecule has 1 unspecified atom stereocenters. The van der Waals surface area contributed by atoms with Crippen molar-refractivity contribution < 1.29 is 24.3 Å². The molecular weight excluding hydrogens is 577 g/mol. The van der Waals surface area contributed by atoms with Crippen LogP contribution in [0.5, 0.6) is 5.75 Å². The molecule has 6 rings (SSSR count). The lowest BCUT2D eigenvalue weighted by Crippen LogP contribution is -2.31. The smallest absolute Gasteiger partial charge is 0.335 e. The van der Waals surface area contributed by atoms with Crippen molar-refractivity contribution in [2.24, 2.45) is 0 Å². The Hall–Kier alpha value is -3.59. The van der Waals surface area contributed by atoms with E-state index in [-0.39, 0.29) is 18.7 Å². The number of carbonyl (C=O) groups is 1. The number of aryl methyl sites for hydroxylation is 1. The number of hydrogen-bond donors (Lipinski definition) is 2. The Kier molecular flexibility index (Phi) is 8.78. The average molecular weight is 611 g/mol. The van der Waals surface area contributed by atoms with Gasteiger partial charge in [-0.15, -0.1) is 0 Å². The molecule has 3 heterocycles. The van der Waals surface area contributed by atoms with Gasteiger partial charge in [-0.1, -0.05) is 60.4 Å². The van der Waals surface area contributed by atoms with Gasteiger partial charge in [0.05, 0.1) is 27.7 Å². The van der Waals surface area contributed by atoms with Gasteiger partial charge in [-0.2, -0.15) is 0 Å². The molecule has 2 N–H and O–H groups in total. The monoisotopic (exact) mass is 609 g/mol. The van der Waals surface area contributed by atoms with E-state index in [0.717, 1.165) is 35.3 Å². The number of carboxylic acids is 1. The number of pyridine rings is 1. The quantitative estimate of drug-likeness (QED) is 0.210. The summed E-state index contributed by atoms with van der Waals surface area (Å²) in [4.78, 5) is 17.5. The maximum Gasteiger partial charge on any atom is 0.335 e. The number of halogens is 2. The molecule has 1 aliphatic heterocycles. The third-order valence-electron chi connectivity index (χ3n) is 7.61. The van der Waals surface area contributed by atoms with Crippen molar-refractivity contribution in [3.05, 3.63) is 92.8 Å². The first kappa shape index (κ1) is 29.9. The molecule has 0 bridgehead atoms. The van der Waals surface area contributed by atoms with E-state index in [4.69, 9.17) is 32.5 Å². The third-order valence-corrected chi connectivity index (χ3v) is 8.24. The Morgan fingerprint density at radius 1 is 1.14 bits per heavy atom. The zero-order valence-electron chi connectivity index (χ0n) is 23.7. The molecule has 1 saturated carbocycles. The molecule has 1 saturated heterocycles. The molecule has 10 heteroatoms. The Morgan fingerprint density at radius 3 is 2.62 bits per heavy atom. The van der Waals surface area contributed by atoms with E-state index >= 15 is 0 Å². The van der Waals surface area contributed by atoms with Crippen molar-refractivity contribution in [1.82, 2.24) is 10.1 Å². The molecule has 2 fully saturated rings. The zero-order chi connectivity index (χ0) is 30.0. The van der Waals surface area contributed by atoms with Crippen LogP contribution in [0.3, 0.4) is 0 Å². The van der Waals surface area contributed by atoms with Gasteiger partial charge < -0.3 is 24.4 Å².